The number of anilines is 1. The van der Waals surface area contributed by atoms with Gasteiger partial charge in [0.2, 0.25) is 5.91 Å². The second-order valence-corrected chi connectivity index (χ2v) is 8.65. The molecular weight excluding hydrogens is 410 g/mol. The van der Waals surface area contributed by atoms with Gasteiger partial charge in [0.25, 0.3) is 5.56 Å². The fourth-order valence-corrected chi connectivity index (χ4v) is 5.08. The number of aryl methyl sites for hydroxylation is 2. The summed E-state index contributed by atoms with van der Waals surface area (Å²) in [6.45, 7) is 0.413. The lowest BCUT2D eigenvalue weighted by Gasteiger charge is -2.09. The molecule has 2 aromatic heterocycles. The van der Waals surface area contributed by atoms with Crippen LogP contribution in [-0.4, -0.2) is 15.5 Å². The number of rotatable bonds is 6. The van der Waals surface area contributed by atoms with E-state index in [1.54, 1.807) is 23.5 Å². The third-order valence-electron chi connectivity index (χ3n) is 5.39. The Balaban J connectivity index is 1.23. The molecular formula is C24H21N3O3S. The first kappa shape index (κ1) is 19.5. The zero-order valence-corrected chi connectivity index (χ0v) is 17.7. The highest BCUT2D eigenvalue weighted by atomic mass is 32.1. The Morgan fingerprint density at radius 2 is 1.90 bits per heavy atom. The largest absolute Gasteiger partial charge is 0.489 e. The number of nitrogens with one attached hydrogen (secondary N) is 1. The SMILES string of the molecule is O=C(Cn1cnc2sc3c(c2c1=O)CCC3)Nc1ccc(OCc2ccccc2)cc1. The number of fused-ring (bicyclic) bond motifs is 3. The number of carbonyl (C=O) groups is 1. The van der Waals surface area contributed by atoms with Crippen molar-refractivity contribution in [2.75, 3.05) is 5.32 Å². The van der Waals surface area contributed by atoms with Crippen LogP contribution in [0.2, 0.25) is 0 Å². The molecule has 1 N–H and O–H groups in total. The number of carbonyl (C=O) groups excluding carboxylic acids is 1. The zero-order valence-electron chi connectivity index (χ0n) is 16.8. The normalized spacial score (nSPS) is 12.6. The minimum absolute atomic E-state index is 0.0708. The maximum atomic E-state index is 12.9. The summed E-state index contributed by atoms with van der Waals surface area (Å²) in [6, 6.07) is 17.1. The van der Waals surface area contributed by atoms with Gasteiger partial charge in [0.05, 0.1) is 11.7 Å². The number of thiophene rings is 1. The van der Waals surface area contributed by atoms with Crippen molar-refractivity contribution in [2.45, 2.75) is 32.4 Å². The van der Waals surface area contributed by atoms with Crippen LogP contribution in [0.1, 0.15) is 22.4 Å². The molecule has 0 bridgehead atoms. The molecule has 1 aliphatic rings. The first-order chi connectivity index (χ1) is 15.2. The highest BCUT2D eigenvalue weighted by Gasteiger charge is 2.21. The summed E-state index contributed by atoms with van der Waals surface area (Å²) in [6.07, 6.45) is 4.48. The van der Waals surface area contributed by atoms with Gasteiger partial charge >= 0.3 is 0 Å². The number of hydrogen-bond acceptors (Lipinski definition) is 5. The molecule has 2 aromatic carbocycles. The van der Waals surface area contributed by atoms with Crippen molar-refractivity contribution in [3.8, 4) is 5.75 Å². The van der Waals surface area contributed by atoms with Crippen LogP contribution in [0.4, 0.5) is 5.69 Å². The van der Waals surface area contributed by atoms with Crippen LogP contribution in [0.15, 0.2) is 65.7 Å². The van der Waals surface area contributed by atoms with E-state index < -0.39 is 0 Å². The Hall–Kier alpha value is -3.45. The zero-order chi connectivity index (χ0) is 21.2. The molecule has 0 unspecified atom stereocenters. The van der Waals surface area contributed by atoms with Gasteiger partial charge < -0.3 is 10.1 Å². The second-order valence-electron chi connectivity index (χ2n) is 7.56. The first-order valence-corrected chi connectivity index (χ1v) is 11.1. The molecule has 6 nitrogen and oxygen atoms in total. The van der Waals surface area contributed by atoms with Gasteiger partial charge in [0.15, 0.2) is 0 Å². The van der Waals surface area contributed by atoms with Crippen LogP contribution in [-0.2, 0) is 30.8 Å². The van der Waals surface area contributed by atoms with Crippen LogP contribution < -0.4 is 15.6 Å². The lowest BCUT2D eigenvalue weighted by atomic mass is 10.2. The van der Waals surface area contributed by atoms with Gasteiger partial charge in [-0.1, -0.05) is 30.3 Å². The van der Waals surface area contributed by atoms with Crippen LogP contribution in [0.5, 0.6) is 5.75 Å². The lowest BCUT2D eigenvalue weighted by molar-refractivity contribution is -0.116. The Labute approximate surface area is 183 Å². The van der Waals surface area contributed by atoms with Gasteiger partial charge in [0, 0.05) is 10.6 Å². The Morgan fingerprint density at radius 1 is 1.10 bits per heavy atom. The number of hydrogen-bond donors (Lipinski definition) is 1. The van der Waals surface area contributed by atoms with Gasteiger partial charge in [-0.15, -0.1) is 11.3 Å². The molecule has 4 aromatic rings. The quantitative estimate of drug-likeness (QED) is 0.497. The monoisotopic (exact) mass is 431 g/mol. The third kappa shape index (κ3) is 4.09. The Kier molecular flexibility index (Phi) is 5.26. The Bertz CT molecular complexity index is 1290. The van der Waals surface area contributed by atoms with Crippen LogP contribution in [0, 0.1) is 0 Å². The fraction of sp³-hybridized carbons (Fsp3) is 0.208. The smallest absolute Gasteiger partial charge is 0.262 e. The van der Waals surface area contributed by atoms with E-state index in [-0.39, 0.29) is 18.0 Å². The number of amides is 1. The maximum absolute atomic E-state index is 12.9. The molecule has 1 amide bonds. The van der Waals surface area contributed by atoms with Gasteiger partial charge in [0.1, 0.15) is 23.7 Å². The van der Waals surface area contributed by atoms with E-state index in [1.165, 1.54) is 15.8 Å². The summed E-state index contributed by atoms with van der Waals surface area (Å²) >= 11 is 1.60. The topological polar surface area (TPSA) is 73.2 Å². The van der Waals surface area contributed by atoms with Crippen molar-refractivity contribution < 1.29 is 9.53 Å². The van der Waals surface area contributed by atoms with Crippen molar-refractivity contribution in [2.24, 2.45) is 0 Å². The summed E-state index contributed by atoms with van der Waals surface area (Å²) in [7, 11) is 0. The van der Waals surface area contributed by atoms with E-state index in [1.807, 2.05) is 42.5 Å². The van der Waals surface area contributed by atoms with Gasteiger partial charge in [-0.25, -0.2) is 4.98 Å². The van der Waals surface area contributed by atoms with E-state index >= 15 is 0 Å². The minimum atomic E-state index is -0.270. The van der Waals surface area contributed by atoms with Crippen molar-refractivity contribution in [3.63, 3.8) is 0 Å². The molecule has 0 aliphatic heterocycles. The van der Waals surface area contributed by atoms with Crippen molar-refractivity contribution in [1.82, 2.24) is 9.55 Å². The summed E-state index contributed by atoms with van der Waals surface area (Å²) < 4.78 is 7.16. The van der Waals surface area contributed by atoms with Crippen molar-refractivity contribution in [1.29, 1.82) is 0 Å². The summed E-state index contributed by atoms with van der Waals surface area (Å²) in [5.41, 5.74) is 2.73. The number of ether oxygens (including phenoxy) is 1. The van der Waals surface area contributed by atoms with Gasteiger partial charge in [-0.3, -0.25) is 14.2 Å². The molecule has 31 heavy (non-hydrogen) atoms. The standard InChI is InChI=1S/C24H21N3O3S/c28-21(13-27-15-25-23-22(24(27)29)19-7-4-8-20(19)31-23)26-17-9-11-18(12-10-17)30-14-16-5-2-1-3-6-16/h1-3,5-6,9-12,15H,4,7-8,13-14H2,(H,26,28). The predicted octanol–water partition coefficient (Wildman–Crippen LogP) is 4.16. The molecule has 0 spiro atoms. The lowest BCUT2D eigenvalue weighted by Crippen LogP contribution is -2.28. The molecule has 5 rings (SSSR count). The highest BCUT2D eigenvalue weighted by molar-refractivity contribution is 7.18. The van der Waals surface area contributed by atoms with E-state index in [2.05, 4.69) is 10.3 Å². The molecule has 0 fully saturated rings. The van der Waals surface area contributed by atoms with Crippen molar-refractivity contribution in [3.05, 3.63) is 87.3 Å². The fourth-order valence-electron chi connectivity index (χ4n) is 3.86. The Morgan fingerprint density at radius 3 is 2.71 bits per heavy atom. The summed E-state index contributed by atoms with van der Waals surface area (Å²) in [4.78, 5) is 31.9. The molecule has 0 saturated heterocycles. The van der Waals surface area contributed by atoms with Crippen LogP contribution >= 0.6 is 11.3 Å². The highest BCUT2D eigenvalue weighted by Crippen LogP contribution is 2.34. The molecule has 7 heteroatoms. The first-order valence-electron chi connectivity index (χ1n) is 10.2. The second kappa shape index (κ2) is 8.35. The van der Waals surface area contributed by atoms with Crippen LogP contribution in [0.25, 0.3) is 10.2 Å². The molecule has 0 atom stereocenters. The van der Waals surface area contributed by atoms with E-state index in [0.717, 1.165) is 41.0 Å². The molecule has 156 valence electrons. The van der Waals surface area contributed by atoms with Crippen LogP contribution in [0.3, 0.4) is 0 Å². The van der Waals surface area contributed by atoms with Gasteiger partial charge in [-0.2, -0.15) is 0 Å². The molecule has 0 saturated carbocycles. The summed E-state index contributed by atoms with van der Waals surface area (Å²) in [5.74, 6) is 0.451. The van der Waals surface area contributed by atoms with Crippen molar-refractivity contribution >= 4 is 33.1 Å². The predicted molar refractivity (Wildman–Crippen MR) is 122 cm³/mol. The average molecular weight is 432 g/mol. The molecule has 1 aliphatic carbocycles. The van der Waals surface area contributed by atoms with Gasteiger partial charge in [-0.05, 0) is 54.7 Å². The van der Waals surface area contributed by atoms with E-state index in [4.69, 9.17) is 4.74 Å². The minimum Gasteiger partial charge on any atom is -0.489 e. The number of aromatic nitrogens is 2. The maximum Gasteiger partial charge on any atom is 0.262 e. The van der Waals surface area contributed by atoms with E-state index in [9.17, 15) is 9.59 Å². The average Bonchev–Trinajstić information content (AvgIpc) is 3.37. The molecule has 2 heterocycles. The summed E-state index contributed by atoms with van der Waals surface area (Å²) in [5, 5.41) is 3.52. The number of nitrogens with zero attached hydrogens (tertiary/aromatic N) is 2. The number of benzene rings is 2. The van der Waals surface area contributed by atoms with E-state index in [0.29, 0.717) is 17.7 Å². The third-order valence-corrected chi connectivity index (χ3v) is 6.59. The molecule has 0 radical (unpaired) electrons.